The Hall–Kier alpha value is 0.150. The Bertz CT molecular complexity index is 40.7. The summed E-state index contributed by atoms with van der Waals surface area (Å²) in [6.45, 7) is -1.16. The van der Waals surface area contributed by atoms with Gasteiger partial charge in [-0.3, -0.25) is 4.39 Å². The molecular weight excluding hydrogens is 121 g/mol. The largest absolute Gasteiger partial charge is 0.251 e. The van der Waals surface area contributed by atoms with Gasteiger partial charge in [0.2, 0.25) is 0 Å². The van der Waals surface area contributed by atoms with Crippen LogP contribution in [-0.4, -0.2) is 18.7 Å². The number of alkyl halides is 3. The molecule has 0 fully saturated rings. The van der Waals surface area contributed by atoms with Crippen molar-refractivity contribution in [2.24, 2.45) is 0 Å². The minimum Gasteiger partial charge on any atom is -0.251 e. The summed E-state index contributed by atoms with van der Waals surface area (Å²) < 4.78 is 22.5. The van der Waals surface area contributed by atoms with Gasteiger partial charge in [0, 0.05) is 0 Å². The first-order valence-electron chi connectivity index (χ1n) is 2.07. The van der Waals surface area contributed by atoms with Gasteiger partial charge in [0.05, 0.1) is 12.1 Å². The molecule has 0 aromatic rings. The first-order valence-corrected chi connectivity index (χ1v) is 2.51. The van der Waals surface area contributed by atoms with Crippen LogP contribution in [0.4, 0.5) is 8.78 Å². The average Bonchev–Trinajstić information content (AvgIpc) is 1.68. The van der Waals surface area contributed by atoms with Gasteiger partial charge in [-0.15, -0.1) is 11.6 Å². The van der Waals surface area contributed by atoms with Gasteiger partial charge in [-0.25, -0.2) is 4.39 Å². The maximum absolute atomic E-state index is 11.3. The molecule has 0 spiro atoms. The quantitative estimate of drug-likeness (QED) is 0.510. The van der Waals surface area contributed by atoms with Gasteiger partial charge in [-0.1, -0.05) is 0 Å². The molecule has 1 unspecified atom stereocenters. The summed E-state index contributed by atoms with van der Waals surface area (Å²) >= 11 is 5.15. The summed E-state index contributed by atoms with van der Waals surface area (Å²) in [5.74, 6) is 0. The van der Waals surface area contributed by atoms with E-state index in [1.165, 1.54) is 0 Å². The highest BCUT2D eigenvalue weighted by atomic mass is 35.5. The van der Waals surface area contributed by atoms with Crippen LogP contribution in [0.15, 0.2) is 0 Å². The van der Waals surface area contributed by atoms with E-state index in [0.717, 1.165) is 0 Å². The highest BCUT2D eigenvalue weighted by molar-refractivity contribution is 6.20. The maximum Gasteiger partial charge on any atom is 0.106 e. The van der Waals surface area contributed by atoms with Crippen molar-refractivity contribution >= 4 is 11.6 Å². The molecule has 0 aliphatic rings. The van der Waals surface area contributed by atoms with Crippen molar-refractivity contribution in [1.29, 1.82) is 0 Å². The van der Waals surface area contributed by atoms with Gasteiger partial charge in [0.25, 0.3) is 0 Å². The molecule has 0 heterocycles. The van der Waals surface area contributed by atoms with Gasteiger partial charge in [-0.2, -0.15) is 0 Å². The topological polar surface area (TPSA) is 0 Å². The Morgan fingerprint density at radius 2 is 2.00 bits per heavy atom. The van der Waals surface area contributed by atoms with Gasteiger partial charge in [0.1, 0.15) is 6.67 Å². The number of hydrogen-bond acceptors (Lipinski definition) is 0. The summed E-state index contributed by atoms with van der Waals surface area (Å²) in [6, 6.07) is 0. The van der Waals surface area contributed by atoms with Crippen LogP contribution in [0.2, 0.25) is 0 Å². The van der Waals surface area contributed by atoms with E-state index in [9.17, 15) is 8.78 Å². The zero-order chi connectivity index (χ0) is 5.70. The molecule has 3 heteroatoms. The molecule has 7 heavy (non-hydrogen) atoms. The zero-order valence-electron chi connectivity index (χ0n) is 3.83. The first kappa shape index (κ1) is 7.15. The second kappa shape index (κ2) is 4.31. The minimum absolute atomic E-state index is 0.123. The monoisotopic (exact) mass is 128 g/mol. The molecule has 0 amide bonds. The van der Waals surface area contributed by atoms with E-state index in [0.29, 0.717) is 0 Å². The SMILES string of the molecule is FCCC(Cl)CF. The van der Waals surface area contributed by atoms with Crippen molar-refractivity contribution in [3.8, 4) is 0 Å². The number of hydrogen-bond donors (Lipinski definition) is 0. The van der Waals surface area contributed by atoms with Crippen molar-refractivity contribution in [3.05, 3.63) is 0 Å². The lowest BCUT2D eigenvalue weighted by Gasteiger charge is -1.95. The summed E-state index contributed by atoms with van der Waals surface area (Å²) in [7, 11) is 0. The third-order valence-electron chi connectivity index (χ3n) is 0.590. The van der Waals surface area contributed by atoms with Crippen LogP contribution >= 0.6 is 11.6 Å². The fourth-order valence-corrected chi connectivity index (χ4v) is 0.278. The molecule has 0 bridgehead atoms. The van der Waals surface area contributed by atoms with Crippen molar-refractivity contribution < 1.29 is 8.78 Å². The molecule has 1 atom stereocenters. The van der Waals surface area contributed by atoms with E-state index >= 15 is 0 Å². The van der Waals surface area contributed by atoms with Crippen LogP contribution in [0.1, 0.15) is 6.42 Å². The highest BCUT2D eigenvalue weighted by Gasteiger charge is 2.00. The van der Waals surface area contributed by atoms with Crippen molar-refractivity contribution in [2.75, 3.05) is 13.3 Å². The van der Waals surface area contributed by atoms with Crippen LogP contribution in [-0.2, 0) is 0 Å². The second-order valence-corrected chi connectivity index (χ2v) is 1.85. The first-order chi connectivity index (χ1) is 3.31. The molecular formula is C4H7ClF2. The molecule has 0 nitrogen and oxygen atoms in total. The summed E-state index contributed by atoms with van der Waals surface area (Å²) in [4.78, 5) is 0. The van der Waals surface area contributed by atoms with Crippen molar-refractivity contribution in [1.82, 2.24) is 0 Å². The molecule has 0 aliphatic carbocycles. The maximum atomic E-state index is 11.3. The second-order valence-electron chi connectivity index (χ2n) is 1.23. The lowest BCUT2D eigenvalue weighted by Crippen LogP contribution is -2.00. The van der Waals surface area contributed by atoms with E-state index in [1.807, 2.05) is 0 Å². The van der Waals surface area contributed by atoms with Crippen LogP contribution in [0.3, 0.4) is 0 Å². The summed E-state index contributed by atoms with van der Waals surface area (Å²) in [6.07, 6.45) is 0.123. The third-order valence-corrected chi connectivity index (χ3v) is 0.925. The third kappa shape index (κ3) is 3.99. The molecule has 0 aliphatic heterocycles. The lowest BCUT2D eigenvalue weighted by molar-refractivity contribution is 0.414. The normalized spacial score (nSPS) is 14.1. The van der Waals surface area contributed by atoms with E-state index in [1.54, 1.807) is 0 Å². The standard InChI is InChI=1S/C4H7ClF2/c5-4(3-7)1-2-6/h4H,1-3H2. The lowest BCUT2D eigenvalue weighted by atomic mass is 10.3. The molecule has 0 aromatic heterocycles. The van der Waals surface area contributed by atoms with Gasteiger partial charge < -0.3 is 0 Å². The molecule has 0 radical (unpaired) electrons. The summed E-state index contributed by atoms with van der Waals surface area (Å²) in [5.41, 5.74) is 0. The Balaban J connectivity index is 2.83. The number of halogens is 3. The average molecular weight is 129 g/mol. The van der Waals surface area contributed by atoms with Crippen molar-refractivity contribution in [2.45, 2.75) is 11.8 Å². The van der Waals surface area contributed by atoms with Crippen molar-refractivity contribution in [3.63, 3.8) is 0 Å². The van der Waals surface area contributed by atoms with E-state index < -0.39 is 18.7 Å². The Morgan fingerprint density at radius 3 is 2.14 bits per heavy atom. The molecule has 0 rings (SSSR count). The molecule has 0 N–H and O–H groups in total. The van der Waals surface area contributed by atoms with Gasteiger partial charge in [-0.05, 0) is 6.42 Å². The predicted molar refractivity (Wildman–Crippen MR) is 26.2 cm³/mol. The molecule has 0 saturated heterocycles. The smallest absolute Gasteiger partial charge is 0.106 e. The fraction of sp³-hybridized carbons (Fsp3) is 1.00. The molecule has 0 saturated carbocycles. The van der Waals surface area contributed by atoms with E-state index in [4.69, 9.17) is 11.6 Å². The van der Waals surface area contributed by atoms with Crippen LogP contribution in [0.5, 0.6) is 0 Å². The predicted octanol–water partition coefficient (Wildman–Crippen LogP) is 1.92. The fourth-order valence-electron chi connectivity index (χ4n) is 0.196. The Labute approximate surface area is 46.5 Å². The van der Waals surface area contributed by atoms with Gasteiger partial charge >= 0.3 is 0 Å². The zero-order valence-corrected chi connectivity index (χ0v) is 4.59. The Kier molecular flexibility index (Phi) is 4.41. The number of rotatable bonds is 3. The van der Waals surface area contributed by atoms with Crippen LogP contribution in [0, 0.1) is 0 Å². The molecule has 44 valence electrons. The van der Waals surface area contributed by atoms with E-state index in [-0.39, 0.29) is 6.42 Å². The van der Waals surface area contributed by atoms with E-state index in [2.05, 4.69) is 0 Å². The van der Waals surface area contributed by atoms with Gasteiger partial charge in [0.15, 0.2) is 0 Å². The molecule has 0 aromatic carbocycles. The summed E-state index contributed by atoms with van der Waals surface area (Å²) in [5, 5.41) is -0.620. The minimum atomic E-state index is -0.633. The highest BCUT2D eigenvalue weighted by Crippen LogP contribution is 2.01. The van der Waals surface area contributed by atoms with Crippen LogP contribution in [0.25, 0.3) is 0 Å². The van der Waals surface area contributed by atoms with Crippen LogP contribution < -0.4 is 0 Å². The Morgan fingerprint density at radius 1 is 1.43 bits per heavy atom.